The Bertz CT molecular complexity index is 311. The average molecular weight is 194 g/mol. The summed E-state index contributed by atoms with van der Waals surface area (Å²) in [5.74, 6) is 0.859. The van der Waals surface area contributed by atoms with E-state index in [4.69, 9.17) is 14.6 Å². The number of hydrogen-bond acceptors (Lipinski definition) is 3. The highest BCUT2D eigenvalue weighted by molar-refractivity contribution is 5.32. The van der Waals surface area contributed by atoms with E-state index in [9.17, 15) is 0 Å². The van der Waals surface area contributed by atoms with Crippen molar-refractivity contribution in [1.29, 1.82) is 0 Å². The van der Waals surface area contributed by atoms with Crippen LogP contribution < -0.4 is 4.74 Å². The first-order chi connectivity index (χ1) is 6.85. The monoisotopic (exact) mass is 194 g/mol. The first kappa shape index (κ1) is 9.49. The molecular formula is C11H14O3. The van der Waals surface area contributed by atoms with E-state index < -0.39 is 0 Å². The Morgan fingerprint density at radius 2 is 2.36 bits per heavy atom. The molecule has 2 unspecified atom stereocenters. The fourth-order valence-electron chi connectivity index (χ4n) is 1.52. The Morgan fingerprint density at radius 1 is 1.50 bits per heavy atom. The maximum atomic E-state index is 8.85. The van der Waals surface area contributed by atoms with E-state index in [0.717, 1.165) is 11.3 Å². The van der Waals surface area contributed by atoms with Crippen LogP contribution in [0.3, 0.4) is 0 Å². The van der Waals surface area contributed by atoms with Crippen LogP contribution in [0.5, 0.6) is 5.75 Å². The molecule has 0 radical (unpaired) electrons. The molecule has 1 aromatic rings. The van der Waals surface area contributed by atoms with Crippen LogP contribution >= 0.6 is 0 Å². The van der Waals surface area contributed by atoms with Gasteiger partial charge in [-0.3, -0.25) is 0 Å². The van der Waals surface area contributed by atoms with Gasteiger partial charge in [0.05, 0.1) is 13.2 Å². The quantitative estimate of drug-likeness (QED) is 0.739. The lowest BCUT2D eigenvalue weighted by Gasteiger charge is -2.03. The minimum atomic E-state index is -0.0214. The summed E-state index contributed by atoms with van der Waals surface area (Å²) in [5.41, 5.74) is 1.08. The molecule has 1 aliphatic heterocycles. The van der Waals surface area contributed by atoms with Crippen LogP contribution in [0.2, 0.25) is 0 Å². The van der Waals surface area contributed by atoms with Gasteiger partial charge in [-0.25, -0.2) is 0 Å². The maximum absolute atomic E-state index is 8.85. The van der Waals surface area contributed by atoms with Crippen LogP contribution in [0.4, 0.5) is 0 Å². The number of epoxide rings is 1. The van der Waals surface area contributed by atoms with Gasteiger partial charge < -0.3 is 14.6 Å². The highest BCUT2D eigenvalue weighted by Gasteiger charge is 2.39. The molecule has 0 saturated carbocycles. The Morgan fingerprint density at radius 3 is 3.00 bits per heavy atom. The number of hydrogen-bond donors (Lipinski definition) is 1. The second-order valence-corrected chi connectivity index (χ2v) is 3.28. The van der Waals surface area contributed by atoms with Crippen molar-refractivity contribution in [3.63, 3.8) is 0 Å². The van der Waals surface area contributed by atoms with E-state index in [1.807, 2.05) is 31.2 Å². The predicted octanol–water partition coefficient (Wildman–Crippen LogP) is 1.52. The number of benzene rings is 1. The molecule has 0 aliphatic carbocycles. The first-order valence-electron chi connectivity index (χ1n) is 4.84. The van der Waals surface area contributed by atoms with E-state index >= 15 is 0 Å². The average Bonchev–Trinajstić information content (AvgIpc) is 2.98. The lowest BCUT2D eigenvalue weighted by atomic mass is 10.1. The van der Waals surface area contributed by atoms with E-state index in [-0.39, 0.29) is 18.8 Å². The maximum Gasteiger partial charge on any atom is 0.119 e. The number of aliphatic hydroxyl groups excluding tert-OH is 1. The van der Waals surface area contributed by atoms with E-state index in [1.165, 1.54) is 0 Å². The molecule has 3 nitrogen and oxygen atoms in total. The van der Waals surface area contributed by atoms with E-state index in [2.05, 4.69) is 0 Å². The van der Waals surface area contributed by atoms with Crippen molar-refractivity contribution < 1.29 is 14.6 Å². The lowest BCUT2D eigenvalue weighted by molar-refractivity contribution is 0.242. The van der Waals surface area contributed by atoms with Crippen molar-refractivity contribution in [1.82, 2.24) is 0 Å². The summed E-state index contributed by atoms with van der Waals surface area (Å²) in [6, 6.07) is 7.81. The zero-order valence-electron chi connectivity index (χ0n) is 8.14. The molecule has 14 heavy (non-hydrogen) atoms. The van der Waals surface area contributed by atoms with Gasteiger partial charge >= 0.3 is 0 Å². The molecule has 2 atom stereocenters. The molecule has 1 aliphatic rings. The van der Waals surface area contributed by atoms with E-state index in [0.29, 0.717) is 6.61 Å². The Balaban J connectivity index is 2.07. The highest BCUT2D eigenvalue weighted by Crippen LogP contribution is 2.39. The smallest absolute Gasteiger partial charge is 0.119 e. The van der Waals surface area contributed by atoms with Gasteiger partial charge in [-0.05, 0) is 24.6 Å². The Labute approximate surface area is 83.3 Å². The van der Waals surface area contributed by atoms with Crippen LogP contribution in [0, 0.1) is 0 Å². The van der Waals surface area contributed by atoms with Gasteiger partial charge in [-0.2, -0.15) is 0 Å². The third-order valence-corrected chi connectivity index (χ3v) is 2.26. The second-order valence-electron chi connectivity index (χ2n) is 3.28. The third-order valence-electron chi connectivity index (χ3n) is 2.26. The summed E-state index contributed by atoms with van der Waals surface area (Å²) in [7, 11) is 0. The van der Waals surface area contributed by atoms with Crippen molar-refractivity contribution in [3.05, 3.63) is 29.8 Å². The number of aliphatic hydroxyl groups is 1. The molecule has 0 amide bonds. The molecule has 0 aromatic heterocycles. The van der Waals surface area contributed by atoms with E-state index in [1.54, 1.807) is 0 Å². The summed E-state index contributed by atoms with van der Waals surface area (Å²) in [5, 5.41) is 8.85. The van der Waals surface area contributed by atoms with Gasteiger partial charge in [0, 0.05) is 0 Å². The molecule has 0 bridgehead atoms. The lowest BCUT2D eigenvalue weighted by Crippen LogP contribution is -1.96. The normalized spacial score (nSPS) is 24.7. The van der Waals surface area contributed by atoms with Crippen LogP contribution in [0.15, 0.2) is 24.3 Å². The summed E-state index contributed by atoms with van der Waals surface area (Å²) in [6.07, 6.45) is 0.0345. The van der Waals surface area contributed by atoms with Crippen molar-refractivity contribution in [3.8, 4) is 5.75 Å². The molecule has 2 rings (SSSR count). The van der Waals surface area contributed by atoms with Gasteiger partial charge in [0.15, 0.2) is 0 Å². The van der Waals surface area contributed by atoms with Gasteiger partial charge in [-0.1, -0.05) is 12.1 Å². The topological polar surface area (TPSA) is 42.0 Å². The molecule has 1 heterocycles. The fraction of sp³-hybridized carbons (Fsp3) is 0.455. The first-order valence-corrected chi connectivity index (χ1v) is 4.84. The minimum absolute atomic E-state index is 0.0214. The van der Waals surface area contributed by atoms with Crippen molar-refractivity contribution in [2.24, 2.45) is 0 Å². The Hall–Kier alpha value is -1.06. The predicted molar refractivity (Wildman–Crippen MR) is 52.3 cm³/mol. The van der Waals surface area contributed by atoms with Crippen LogP contribution in [0.25, 0.3) is 0 Å². The molecule has 3 heteroatoms. The highest BCUT2D eigenvalue weighted by atomic mass is 16.6. The zero-order valence-corrected chi connectivity index (χ0v) is 8.14. The molecule has 1 saturated heterocycles. The van der Waals surface area contributed by atoms with Gasteiger partial charge in [0.25, 0.3) is 0 Å². The van der Waals surface area contributed by atoms with Crippen molar-refractivity contribution >= 4 is 0 Å². The Kier molecular flexibility index (Phi) is 2.70. The van der Waals surface area contributed by atoms with Gasteiger partial charge in [0.2, 0.25) is 0 Å². The molecule has 0 spiro atoms. The van der Waals surface area contributed by atoms with Crippen LogP contribution in [-0.4, -0.2) is 24.4 Å². The standard InChI is InChI=1S/C11H14O3/c1-2-13-9-5-3-4-8(6-9)11-10(7-12)14-11/h3-6,10-12H,2,7H2,1H3. The molecular weight excluding hydrogens is 180 g/mol. The summed E-state index contributed by atoms with van der Waals surface area (Å²) < 4.78 is 10.7. The second kappa shape index (κ2) is 3.98. The van der Waals surface area contributed by atoms with Crippen LogP contribution in [-0.2, 0) is 4.74 Å². The number of ether oxygens (including phenoxy) is 2. The number of rotatable bonds is 4. The largest absolute Gasteiger partial charge is 0.494 e. The summed E-state index contributed by atoms with van der Waals surface area (Å²) in [6.45, 7) is 2.71. The SMILES string of the molecule is CCOc1cccc(C2OC2CO)c1. The van der Waals surface area contributed by atoms with Crippen molar-refractivity contribution in [2.75, 3.05) is 13.2 Å². The summed E-state index contributed by atoms with van der Waals surface area (Å²) in [4.78, 5) is 0. The zero-order chi connectivity index (χ0) is 9.97. The molecule has 76 valence electrons. The summed E-state index contributed by atoms with van der Waals surface area (Å²) >= 11 is 0. The minimum Gasteiger partial charge on any atom is -0.494 e. The van der Waals surface area contributed by atoms with Gasteiger partial charge in [-0.15, -0.1) is 0 Å². The third kappa shape index (κ3) is 1.89. The van der Waals surface area contributed by atoms with Crippen molar-refractivity contribution in [2.45, 2.75) is 19.1 Å². The molecule has 1 fully saturated rings. The molecule has 1 aromatic carbocycles. The molecule has 1 N–H and O–H groups in total. The van der Waals surface area contributed by atoms with Gasteiger partial charge in [0.1, 0.15) is 18.0 Å². The fourth-order valence-corrected chi connectivity index (χ4v) is 1.52. The van der Waals surface area contributed by atoms with Crippen LogP contribution in [0.1, 0.15) is 18.6 Å².